The van der Waals surface area contributed by atoms with Crippen molar-refractivity contribution >= 4 is 40.6 Å². The van der Waals surface area contributed by atoms with Crippen molar-refractivity contribution in [3.05, 3.63) is 75.8 Å². The molecule has 0 aliphatic heterocycles. The molecule has 5 nitrogen and oxygen atoms in total. The first-order valence-corrected chi connectivity index (χ1v) is 10.6. The highest BCUT2D eigenvalue weighted by atomic mass is 32.2. The molecule has 0 bridgehead atoms. The van der Waals surface area contributed by atoms with Crippen LogP contribution >= 0.6 is 23.1 Å². The van der Waals surface area contributed by atoms with Crippen molar-refractivity contribution in [2.75, 3.05) is 5.32 Å². The summed E-state index contributed by atoms with van der Waals surface area (Å²) in [5.41, 5.74) is 10.6. The summed E-state index contributed by atoms with van der Waals surface area (Å²) in [7, 11) is 0. The predicted octanol–water partition coefficient (Wildman–Crippen LogP) is 4.33. The van der Waals surface area contributed by atoms with Gasteiger partial charge < -0.3 is 11.1 Å². The Labute approximate surface area is 172 Å². The average molecular weight is 412 g/mol. The number of rotatable bonds is 7. The first-order valence-electron chi connectivity index (χ1n) is 8.74. The molecular formula is C21H21N3O2S2. The third-order valence-electron chi connectivity index (χ3n) is 4.19. The van der Waals surface area contributed by atoms with E-state index in [0.717, 1.165) is 10.1 Å². The van der Waals surface area contributed by atoms with Crippen LogP contribution in [0.3, 0.4) is 0 Å². The van der Waals surface area contributed by atoms with Crippen molar-refractivity contribution in [1.29, 1.82) is 0 Å². The summed E-state index contributed by atoms with van der Waals surface area (Å²) in [6.07, 6.45) is 0.146. The standard InChI is InChI=1S/C21H21N3O2S2/c1-13-7-8-14(2)15(9-13)11-27-21-23-16(12-28-21)10-19(25)24-18-6-4-3-5-17(18)20(22)26/h3-9,12H,10-11H2,1-2H3,(H2,22,26)(H,24,25). The van der Waals surface area contributed by atoms with E-state index in [4.69, 9.17) is 5.73 Å². The van der Waals surface area contributed by atoms with Crippen LogP contribution in [0.5, 0.6) is 0 Å². The molecule has 1 aromatic heterocycles. The zero-order chi connectivity index (χ0) is 20.1. The summed E-state index contributed by atoms with van der Waals surface area (Å²) in [6.45, 7) is 4.20. The number of benzene rings is 2. The van der Waals surface area contributed by atoms with Gasteiger partial charge in [-0.25, -0.2) is 4.98 Å². The normalized spacial score (nSPS) is 10.6. The van der Waals surface area contributed by atoms with Crippen molar-refractivity contribution in [3.8, 4) is 0 Å². The van der Waals surface area contributed by atoms with Crippen LogP contribution in [-0.4, -0.2) is 16.8 Å². The van der Waals surface area contributed by atoms with Crippen LogP contribution in [0.25, 0.3) is 0 Å². The second kappa shape index (κ2) is 9.03. The van der Waals surface area contributed by atoms with Gasteiger partial charge in [0.15, 0.2) is 0 Å². The number of aromatic nitrogens is 1. The lowest BCUT2D eigenvalue weighted by atomic mass is 10.1. The van der Waals surface area contributed by atoms with E-state index in [1.54, 1.807) is 36.0 Å². The number of thioether (sulfide) groups is 1. The zero-order valence-electron chi connectivity index (χ0n) is 15.7. The summed E-state index contributed by atoms with van der Waals surface area (Å²) < 4.78 is 0.932. The van der Waals surface area contributed by atoms with Crippen LogP contribution in [0.4, 0.5) is 5.69 Å². The Hall–Kier alpha value is -2.64. The molecule has 0 atom stereocenters. The van der Waals surface area contributed by atoms with Crippen LogP contribution in [0, 0.1) is 13.8 Å². The maximum absolute atomic E-state index is 12.3. The lowest BCUT2D eigenvalue weighted by molar-refractivity contribution is -0.115. The number of amides is 2. The molecule has 2 amide bonds. The molecule has 0 unspecified atom stereocenters. The summed E-state index contributed by atoms with van der Waals surface area (Å²) >= 11 is 3.20. The molecule has 3 rings (SSSR count). The molecule has 0 aliphatic carbocycles. The van der Waals surface area contributed by atoms with E-state index in [2.05, 4.69) is 42.3 Å². The number of aryl methyl sites for hydroxylation is 2. The smallest absolute Gasteiger partial charge is 0.250 e. The van der Waals surface area contributed by atoms with Gasteiger partial charge in [-0.3, -0.25) is 9.59 Å². The Morgan fingerprint density at radius 1 is 1.18 bits per heavy atom. The molecule has 7 heteroatoms. The number of anilines is 1. The fourth-order valence-electron chi connectivity index (χ4n) is 2.70. The number of thiazole rings is 1. The van der Waals surface area contributed by atoms with E-state index in [0.29, 0.717) is 16.9 Å². The molecule has 3 aromatic rings. The quantitative estimate of drug-likeness (QED) is 0.567. The van der Waals surface area contributed by atoms with Crippen LogP contribution in [0.1, 0.15) is 32.7 Å². The maximum Gasteiger partial charge on any atom is 0.250 e. The van der Waals surface area contributed by atoms with E-state index in [1.165, 1.54) is 28.0 Å². The average Bonchev–Trinajstić information content (AvgIpc) is 3.10. The second-order valence-electron chi connectivity index (χ2n) is 6.46. The number of hydrogen-bond acceptors (Lipinski definition) is 5. The Kier molecular flexibility index (Phi) is 6.49. The van der Waals surface area contributed by atoms with Gasteiger partial charge in [0.1, 0.15) is 4.34 Å². The van der Waals surface area contributed by atoms with Gasteiger partial charge in [0.2, 0.25) is 5.91 Å². The van der Waals surface area contributed by atoms with Crippen molar-refractivity contribution in [3.63, 3.8) is 0 Å². The SMILES string of the molecule is Cc1ccc(C)c(CSc2nc(CC(=O)Nc3ccccc3C(N)=O)cs2)c1. The number of nitrogens with two attached hydrogens (primary N) is 1. The first kappa shape index (κ1) is 20.1. The summed E-state index contributed by atoms with van der Waals surface area (Å²) in [5, 5.41) is 4.63. The number of carbonyl (C=O) groups excluding carboxylic acids is 2. The highest BCUT2D eigenvalue weighted by molar-refractivity contribution is 8.00. The molecule has 0 saturated heterocycles. The third kappa shape index (κ3) is 5.21. The molecular weight excluding hydrogens is 390 g/mol. The molecule has 0 saturated carbocycles. The van der Waals surface area contributed by atoms with Gasteiger partial charge in [0.05, 0.1) is 23.4 Å². The van der Waals surface area contributed by atoms with Gasteiger partial charge in [0.25, 0.3) is 5.91 Å². The largest absolute Gasteiger partial charge is 0.366 e. The number of nitrogens with zero attached hydrogens (tertiary/aromatic N) is 1. The van der Waals surface area contributed by atoms with E-state index in [1.807, 2.05) is 5.38 Å². The minimum Gasteiger partial charge on any atom is -0.366 e. The van der Waals surface area contributed by atoms with Gasteiger partial charge in [-0.1, -0.05) is 47.7 Å². The summed E-state index contributed by atoms with van der Waals surface area (Å²) in [5.74, 6) is 0.0401. The number of carbonyl (C=O) groups is 2. The van der Waals surface area contributed by atoms with Crippen LogP contribution in [0.15, 0.2) is 52.2 Å². The van der Waals surface area contributed by atoms with E-state index >= 15 is 0 Å². The summed E-state index contributed by atoms with van der Waals surface area (Å²) in [6, 6.07) is 13.1. The van der Waals surface area contributed by atoms with Gasteiger partial charge in [-0.2, -0.15) is 0 Å². The molecule has 0 spiro atoms. The molecule has 2 aromatic carbocycles. The third-order valence-corrected chi connectivity index (χ3v) is 6.31. The molecule has 0 aliphatic rings. The van der Waals surface area contributed by atoms with Crippen LogP contribution in [-0.2, 0) is 17.0 Å². The van der Waals surface area contributed by atoms with E-state index in [9.17, 15) is 9.59 Å². The number of primary amides is 1. The van der Waals surface area contributed by atoms with Crippen molar-refractivity contribution < 1.29 is 9.59 Å². The summed E-state index contributed by atoms with van der Waals surface area (Å²) in [4.78, 5) is 28.3. The number of nitrogens with one attached hydrogen (secondary N) is 1. The van der Waals surface area contributed by atoms with Gasteiger partial charge in [-0.15, -0.1) is 11.3 Å². The predicted molar refractivity (Wildman–Crippen MR) is 115 cm³/mol. The highest BCUT2D eigenvalue weighted by Crippen LogP contribution is 2.28. The van der Waals surface area contributed by atoms with Gasteiger partial charge in [-0.05, 0) is 37.1 Å². The topological polar surface area (TPSA) is 85.1 Å². The molecule has 0 radical (unpaired) electrons. The highest BCUT2D eigenvalue weighted by Gasteiger charge is 2.13. The second-order valence-corrected chi connectivity index (χ2v) is 8.54. The Morgan fingerprint density at radius 2 is 1.96 bits per heavy atom. The Morgan fingerprint density at radius 3 is 2.75 bits per heavy atom. The van der Waals surface area contributed by atoms with Crippen molar-refractivity contribution in [2.24, 2.45) is 5.73 Å². The molecule has 3 N–H and O–H groups in total. The van der Waals surface area contributed by atoms with E-state index < -0.39 is 5.91 Å². The monoisotopic (exact) mass is 411 g/mol. The van der Waals surface area contributed by atoms with E-state index in [-0.39, 0.29) is 12.3 Å². The fraction of sp³-hybridized carbons (Fsp3) is 0.190. The minimum atomic E-state index is -0.574. The van der Waals surface area contributed by atoms with Gasteiger partial charge in [0, 0.05) is 11.1 Å². The first-order chi connectivity index (χ1) is 13.4. The van der Waals surface area contributed by atoms with Crippen molar-refractivity contribution in [2.45, 2.75) is 30.4 Å². The van der Waals surface area contributed by atoms with Crippen molar-refractivity contribution in [1.82, 2.24) is 4.98 Å². The number of para-hydroxylation sites is 1. The Balaban J connectivity index is 1.59. The van der Waals surface area contributed by atoms with Crippen LogP contribution < -0.4 is 11.1 Å². The lowest BCUT2D eigenvalue weighted by Crippen LogP contribution is -2.19. The number of hydrogen-bond donors (Lipinski definition) is 2. The Bertz CT molecular complexity index is 1010. The van der Waals surface area contributed by atoms with Gasteiger partial charge >= 0.3 is 0 Å². The molecule has 0 fully saturated rings. The van der Waals surface area contributed by atoms with Crippen LogP contribution in [0.2, 0.25) is 0 Å². The molecule has 1 heterocycles. The molecule has 144 valence electrons. The molecule has 28 heavy (non-hydrogen) atoms. The zero-order valence-corrected chi connectivity index (χ0v) is 17.3. The lowest BCUT2D eigenvalue weighted by Gasteiger charge is -2.08. The fourth-order valence-corrected chi connectivity index (χ4v) is 4.60. The maximum atomic E-state index is 12.3. The minimum absolute atomic E-state index is 0.146.